The van der Waals surface area contributed by atoms with Crippen molar-refractivity contribution in [2.24, 2.45) is 13.0 Å². The number of amides is 4. The van der Waals surface area contributed by atoms with Gasteiger partial charge in [-0.3, -0.25) is 39.1 Å². The van der Waals surface area contributed by atoms with Gasteiger partial charge < -0.3 is 35.4 Å². The molecule has 19 heteroatoms. The standard InChI is InChI=1S/C40H48ClN11O7/c1-40(2,25-12-14-49(15-13-25)34-7-5-6-30(52(34)58)37(56)45-28-9-11-32(53)46-36(28)55)51-18-16-50(17-19-51)39-43-22-27(41)35(47-39)44-26-8-10-29-24(20-26)21-31(38(57)48(29)4)59-23-33(54)42-3/h5-8,10,20-22,25,28H,9,11-19,23H2,1-4H3,(H,42,54)(H,45,56)(H,43,44,47)(H,46,53,55). The number of likely N-dealkylation sites (N-methyl/N-ethyl adjacent to an activating group) is 1. The molecule has 0 saturated carbocycles. The van der Waals surface area contributed by atoms with E-state index in [9.17, 15) is 29.2 Å². The number of piperidine rings is 2. The highest BCUT2D eigenvalue weighted by Crippen LogP contribution is 2.35. The minimum atomic E-state index is -0.876. The highest BCUT2D eigenvalue weighted by atomic mass is 35.5. The van der Waals surface area contributed by atoms with Gasteiger partial charge in [0.1, 0.15) is 11.1 Å². The Morgan fingerprint density at radius 1 is 1.02 bits per heavy atom. The quantitative estimate of drug-likeness (QED) is 0.0968. The first kappa shape index (κ1) is 41.2. The number of nitrogens with one attached hydrogen (secondary N) is 4. The van der Waals surface area contributed by atoms with Gasteiger partial charge in [0.25, 0.3) is 23.2 Å². The molecule has 18 nitrogen and oxygen atoms in total. The van der Waals surface area contributed by atoms with E-state index in [1.807, 2.05) is 23.1 Å². The number of hydrogen-bond donors (Lipinski definition) is 4. The third kappa shape index (κ3) is 8.73. The van der Waals surface area contributed by atoms with Crippen molar-refractivity contribution in [2.45, 2.75) is 51.1 Å². The number of imide groups is 1. The number of carbonyl (C=O) groups excluding carboxylic acids is 4. The van der Waals surface area contributed by atoms with Crippen molar-refractivity contribution >= 4 is 69.4 Å². The summed E-state index contributed by atoms with van der Waals surface area (Å²) in [6, 6.07) is 11.0. The fourth-order valence-corrected chi connectivity index (χ4v) is 8.23. The van der Waals surface area contributed by atoms with Crippen LogP contribution >= 0.6 is 11.6 Å². The van der Waals surface area contributed by atoms with Crippen LogP contribution in [0.4, 0.5) is 23.3 Å². The van der Waals surface area contributed by atoms with E-state index in [1.165, 1.54) is 17.7 Å². The predicted molar refractivity (Wildman–Crippen MR) is 221 cm³/mol. The number of hydrogen-bond acceptors (Lipinski definition) is 13. The molecule has 59 heavy (non-hydrogen) atoms. The van der Waals surface area contributed by atoms with Gasteiger partial charge in [0, 0.05) is 69.4 Å². The summed E-state index contributed by atoms with van der Waals surface area (Å²) in [7, 11) is 3.14. The number of nitrogens with zero attached hydrogens (tertiary/aromatic N) is 7. The summed E-state index contributed by atoms with van der Waals surface area (Å²) in [6.07, 6.45) is 3.59. The lowest BCUT2D eigenvalue weighted by Crippen LogP contribution is -2.59. The molecule has 3 aromatic heterocycles. The van der Waals surface area contributed by atoms with E-state index in [0.29, 0.717) is 70.6 Å². The molecule has 0 radical (unpaired) electrons. The molecule has 3 fully saturated rings. The van der Waals surface area contributed by atoms with Crippen molar-refractivity contribution in [2.75, 3.05) is 68.0 Å². The van der Waals surface area contributed by atoms with Gasteiger partial charge in [0.15, 0.2) is 23.9 Å². The van der Waals surface area contributed by atoms with Gasteiger partial charge in [0.05, 0.1) is 24.8 Å². The van der Waals surface area contributed by atoms with Crippen molar-refractivity contribution in [3.63, 3.8) is 0 Å². The molecule has 1 unspecified atom stereocenters. The number of pyridine rings is 2. The van der Waals surface area contributed by atoms with Gasteiger partial charge in [-0.15, -0.1) is 0 Å². The van der Waals surface area contributed by atoms with Gasteiger partial charge in [-0.1, -0.05) is 11.6 Å². The molecule has 0 aliphatic carbocycles. The number of aryl methyl sites for hydroxylation is 1. The molecule has 0 spiro atoms. The van der Waals surface area contributed by atoms with Crippen LogP contribution in [-0.2, 0) is 21.4 Å². The Balaban J connectivity index is 0.951. The maximum atomic E-state index is 13.4. The van der Waals surface area contributed by atoms with Gasteiger partial charge in [0.2, 0.25) is 17.8 Å². The summed E-state index contributed by atoms with van der Waals surface area (Å²) in [5.74, 6) is -0.179. The zero-order valence-electron chi connectivity index (χ0n) is 33.4. The molecular weight excluding hydrogens is 782 g/mol. The Morgan fingerprint density at radius 3 is 2.47 bits per heavy atom. The number of piperazine rings is 1. The lowest BCUT2D eigenvalue weighted by atomic mass is 9.78. The summed E-state index contributed by atoms with van der Waals surface area (Å²) in [4.78, 5) is 77.2. The summed E-state index contributed by atoms with van der Waals surface area (Å²) in [5.41, 5.74) is 0.782. The van der Waals surface area contributed by atoms with Crippen molar-refractivity contribution in [3.8, 4) is 5.75 Å². The molecule has 4 amide bonds. The van der Waals surface area contributed by atoms with Crippen LogP contribution in [0.15, 0.2) is 53.5 Å². The second kappa shape index (κ2) is 17.1. The predicted octanol–water partition coefficient (Wildman–Crippen LogP) is 1.84. The molecule has 3 aliphatic rings. The third-order valence-corrected chi connectivity index (χ3v) is 12.0. The number of halogens is 1. The molecule has 7 rings (SSSR count). The molecule has 3 aliphatic heterocycles. The van der Waals surface area contributed by atoms with Gasteiger partial charge >= 0.3 is 0 Å². The minimum absolute atomic E-state index is 0.0622. The molecule has 1 aromatic carbocycles. The van der Waals surface area contributed by atoms with Crippen LogP contribution in [0.3, 0.4) is 0 Å². The molecule has 1 atom stereocenters. The summed E-state index contributed by atoms with van der Waals surface area (Å²) >= 11 is 6.57. The zero-order valence-corrected chi connectivity index (χ0v) is 34.2. The fourth-order valence-electron chi connectivity index (χ4n) is 8.09. The van der Waals surface area contributed by atoms with E-state index in [1.54, 1.807) is 31.4 Å². The Labute approximate surface area is 345 Å². The summed E-state index contributed by atoms with van der Waals surface area (Å²) in [5, 5.41) is 25.1. The minimum Gasteiger partial charge on any atom is -0.710 e. The number of rotatable bonds is 11. The normalized spacial score (nSPS) is 18.1. The van der Waals surface area contributed by atoms with E-state index in [4.69, 9.17) is 21.3 Å². The number of carbonyl (C=O) groups is 4. The van der Waals surface area contributed by atoms with Crippen molar-refractivity contribution in [1.29, 1.82) is 0 Å². The first-order valence-electron chi connectivity index (χ1n) is 19.6. The highest BCUT2D eigenvalue weighted by Gasteiger charge is 2.41. The zero-order chi connectivity index (χ0) is 42.0. The molecule has 0 bridgehead atoms. The molecule has 4 N–H and O–H groups in total. The van der Waals surface area contributed by atoms with E-state index < -0.39 is 17.9 Å². The van der Waals surface area contributed by atoms with Crippen LogP contribution in [0.5, 0.6) is 5.75 Å². The van der Waals surface area contributed by atoms with Crippen molar-refractivity contribution in [3.05, 3.63) is 74.9 Å². The molecular formula is C40H48ClN11O7. The van der Waals surface area contributed by atoms with Crippen LogP contribution in [0.2, 0.25) is 5.02 Å². The van der Waals surface area contributed by atoms with Crippen LogP contribution in [0, 0.1) is 11.1 Å². The maximum absolute atomic E-state index is 13.4. The summed E-state index contributed by atoms with van der Waals surface area (Å²) < 4.78 is 7.60. The van der Waals surface area contributed by atoms with E-state index in [-0.39, 0.29) is 53.8 Å². The average molecular weight is 830 g/mol. The van der Waals surface area contributed by atoms with E-state index in [2.05, 4.69) is 49.9 Å². The van der Waals surface area contributed by atoms with E-state index in [0.717, 1.165) is 31.3 Å². The number of fused-ring (bicyclic) bond motifs is 1. The summed E-state index contributed by atoms with van der Waals surface area (Å²) in [6.45, 7) is 8.55. The molecule has 6 heterocycles. The number of aromatic nitrogens is 4. The number of benzene rings is 1. The first-order chi connectivity index (χ1) is 28.2. The smallest absolute Gasteiger partial charge is 0.293 e. The van der Waals surface area contributed by atoms with Gasteiger partial charge in [-0.05, 0) is 75.4 Å². The topological polar surface area (TPSA) is 210 Å². The first-order valence-corrected chi connectivity index (χ1v) is 20.0. The third-order valence-electron chi connectivity index (χ3n) is 11.7. The van der Waals surface area contributed by atoms with Crippen molar-refractivity contribution in [1.82, 2.24) is 35.4 Å². The maximum Gasteiger partial charge on any atom is 0.293 e. The lowest BCUT2D eigenvalue weighted by molar-refractivity contribution is -0.594. The van der Waals surface area contributed by atoms with E-state index >= 15 is 0 Å². The molecule has 3 saturated heterocycles. The van der Waals surface area contributed by atoms with Gasteiger partial charge in [-0.25, -0.2) is 9.71 Å². The van der Waals surface area contributed by atoms with Crippen LogP contribution in [0.25, 0.3) is 10.9 Å². The van der Waals surface area contributed by atoms with Crippen LogP contribution in [-0.4, -0.2) is 108 Å². The average Bonchev–Trinajstić information content (AvgIpc) is 3.23. The highest BCUT2D eigenvalue weighted by molar-refractivity contribution is 6.33. The number of ether oxygens (including phenoxy) is 1. The second-order valence-electron chi connectivity index (χ2n) is 15.5. The van der Waals surface area contributed by atoms with Crippen LogP contribution < -0.4 is 46.1 Å². The fraction of sp³-hybridized carbons (Fsp3) is 0.450. The number of anilines is 4. The largest absolute Gasteiger partial charge is 0.710 e. The van der Waals surface area contributed by atoms with Crippen molar-refractivity contribution < 1.29 is 28.6 Å². The van der Waals surface area contributed by atoms with Gasteiger partial charge in [-0.2, -0.15) is 4.98 Å². The molecule has 4 aromatic rings. The SMILES string of the molecule is CNC(=O)COc1cc2cc(Nc3nc(N4CCN(C(C)(C)C5CCN(c6cccc(C(=O)NC7CCC(=O)NC7=O)[n+]6[O-])CC5)CC4)ncc3Cl)ccc2n(C)c1=O. The second-order valence-corrected chi connectivity index (χ2v) is 15.9. The Bertz CT molecular complexity index is 2340. The lowest BCUT2D eigenvalue weighted by Gasteiger charge is -2.49. The Morgan fingerprint density at radius 2 is 1.76 bits per heavy atom. The Hall–Kier alpha value is -6.01. The monoisotopic (exact) mass is 829 g/mol. The van der Waals surface area contributed by atoms with Crippen LogP contribution in [0.1, 0.15) is 50.0 Å². The Kier molecular flexibility index (Phi) is 11.9. The molecule has 312 valence electrons.